The van der Waals surface area contributed by atoms with Gasteiger partial charge in [-0.3, -0.25) is 0 Å². The summed E-state index contributed by atoms with van der Waals surface area (Å²) in [7, 11) is 0. The van der Waals surface area contributed by atoms with E-state index in [1.54, 1.807) is 0 Å². The number of hydrogen-bond acceptors (Lipinski definition) is 5. The van der Waals surface area contributed by atoms with Crippen LogP contribution in [0.1, 0.15) is 55.9 Å². The predicted octanol–water partition coefficient (Wildman–Crippen LogP) is 5.87. The maximum Gasteiger partial charge on any atom is 0.141 e. The van der Waals surface area contributed by atoms with Gasteiger partial charge in [0.05, 0.1) is 22.4 Å². The van der Waals surface area contributed by atoms with E-state index in [0.29, 0.717) is 5.92 Å². The molecule has 6 nitrogen and oxygen atoms in total. The number of aromatic amines is 1. The Hall–Kier alpha value is -2.89. The summed E-state index contributed by atoms with van der Waals surface area (Å²) in [5, 5.41) is 8.23. The average Bonchev–Trinajstić information content (AvgIpc) is 3.25. The lowest BCUT2D eigenvalue weighted by molar-refractivity contribution is 0.393. The van der Waals surface area contributed by atoms with E-state index in [4.69, 9.17) is 14.0 Å². The van der Waals surface area contributed by atoms with Crippen molar-refractivity contribution in [3.63, 3.8) is 0 Å². The summed E-state index contributed by atoms with van der Waals surface area (Å²) in [5.74, 6) is 2.86. The summed E-state index contributed by atoms with van der Waals surface area (Å²) in [6.45, 7) is 12.0. The van der Waals surface area contributed by atoms with Crippen LogP contribution in [0.2, 0.25) is 0 Å². The topological polar surface area (TPSA) is 80.7 Å². The lowest BCUT2D eigenvalue weighted by Gasteiger charge is -2.07. The molecular formula is C21H26N4O2. The van der Waals surface area contributed by atoms with E-state index >= 15 is 0 Å². The Kier molecular flexibility index (Phi) is 4.68. The normalized spacial score (nSPS) is 11.4. The van der Waals surface area contributed by atoms with Crippen molar-refractivity contribution in [2.45, 2.75) is 54.9 Å². The van der Waals surface area contributed by atoms with Gasteiger partial charge in [0.1, 0.15) is 17.3 Å². The van der Waals surface area contributed by atoms with Crippen LogP contribution in [0.25, 0.3) is 33.3 Å². The molecule has 3 heterocycles. The molecule has 0 unspecified atom stereocenters. The van der Waals surface area contributed by atoms with E-state index in [1.807, 2.05) is 27.7 Å². The zero-order valence-corrected chi connectivity index (χ0v) is 15.9. The standard InChI is InChI=1S/C20H22N4O2.CH4/c1-9(2)20-21-16-8-14(17-10(3)23-25-12(17)5)7-15(19(16)22-20)18-11(4)24-26-13(18)6;/h7-9H,1-6H3,(H,21,22);1H4. The van der Waals surface area contributed by atoms with Gasteiger partial charge in [0, 0.05) is 22.6 Å². The van der Waals surface area contributed by atoms with Gasteiger partial charge in [-0.15, -0.1) is 0 Å². The maximum absolute atomic E-state index is 5.41. The summed E-state index contributed by atoms with van der Waals surface area (Å²) >= 11 is 0. The SMILES string of the molecule is C.Cc1noc(C)c1-c1cc(-c2c(C)noc2C)c2nc(C(C)C)[nH]c2c1. The molecule has 4 rings (SSSR count). The molecule has 0 saturated carbocycles. The molecule has 6 heteroatoms. The molecule has 1 N–H and O–H groups in total. The van der Waals surface area contributed by atoms with Crippen LogP contribution in [-0.2, 0) is 0 Å². The Balaban J connectivity index is 0.00000210. The smallest absolute Gasteiger partial charge is 0.141 e. The molecule has 27 heavy (non-hydrogen) atoms. The van der Waals surface area contributed by atoms with E-state index in [1.165, 1.54) is 0 Å². The van der Waals surface area contributed by atoms with Crippen LogP contribution in [0.15, 0.2) is 21.2 Å². The van der Waals surface area contributed by atoms with Gasteiger partial charge in [-0.25, -0.2) is 4.98 Å². The van der Waals surface area contributed by atoms with Gasteiger partial charge in [0.15, 0.2) is 0 Å². The van der Waals surface area contributed by atoms with E-state index in [-0.39, 0.29) is 7.43 Å². The summed E-state index contributed by atoms with van der Waals surface area (Å²) in [6.07, 6.45) is 0. The highest BCUT2D eigenvalue weighted by Crippen LogP contribution is 2.38. The summed E-state index contributed by atoms with van der Waals surface area (Å²) in [4.78, 5) is 8.32. The molecule has 0 amide bonds. The number of hydrogen-bond donors (Lipinski definition) is 1. The fourth-order valence-corrected chi connectivity index (χ4v) is 3.51. The van der Waals surface area contributed by atoms with E-state index < -0.39 is 0 Å². The van der Waals surface area contributed by atoms with Gasteiger partial charge in [-0.05, 0) is 45.4 Å². The zero-order chi connectivity index (χ0) is 18.6. The quantitative estimate of drug-likeness (QED) is 0.491. The van der Waals surface area contributed by atoms with Crippen molar-refractivity contribution in [3.05, 3.63) is 40.9 Å². The highest BCUT2D eigenvalue weighted by atomic mass is 16.5. The van der Waals surface area contributed by atoms with Gasteiger partial charge in [0.2, 0.25) is 0 Å². The lowest BCUT2D eigenvalue weighted by atomic mass is 9.96. The number of H-pyrrole nitrogens is 1. The third-order valence-corrected chi connectivity index (χ3v) is 4.78. The number of aryl methyl sites for hydroxylation is 4. The monoisotopic (exact) mass is 366 g/mol. The fraction of sp³-hybridized carbons (Fsp3) is 0.381. The molecule has 3 aromatic heterocycles. The third-order valence-electron chi connectivity index (χ3n) is 4.78. The Labute approximate surface area is 159 Å². The van der Waals surface area contributed by atoms with Crippen LogP contribution < -0.4 is 0 Å². The van der Waals surface area contributed by atoms with Crippen molar-refractivity contribution < 1.29 is 9.05 Å². The minimum atomic E-state index is 0. The van der Waals surface area contributed by atoms with Crippen molar-refractivity contribution in [3.8, 4) is 22.3 Å². The molecule has 0 radical (unpaired) electrons. The first kappa shape index (κ1) is 18.9. The first-order valence-electron chi connectivity index (χ1n) is 8.77. The van der Waals surface area contributed by atoms with Gasteiger partial charge in [-0.2, -0.15) is 0 Å². The van der Waals surface area contributed by atoms with Crippen LogP contribution in [-0.4, -0.2) is 20.3 Å². The maximum atomic E-state index is 5.41. The average molecular weight is 366 g/mol. The number of aromatic nitrogens is 4. The highest BCUT2D eigenvalue weighted by molar-refractivity contribution is 5.97. The number of imidazole rings is 1. The van der Waals surface area contributed by atoms with Crippen LogP contribution in [0.4, 0.5) is 0 Å². The lowest BCUT2D eigenvalue weighted by Crippen LogP contribution is -1.89. The third kappa shape index (κ3) is 2.95. The Morgan fingerprint density at radius 2 is 1.48 bits per heavy atom. The number of benzene rings is 1. The van der Waals surface area contributed by atoms with Crippen LogP contribution in [0, 0.1) is 27.7 Å². The summed E-state index contributed by atoms with van der Waals surface area (Å²) in [6, 6.07) is 4.24. The number of nitrogens with zero attached hydrogens (tertiary/aromatic N) is 3. The van der Waals surface area contributed by atoms with Crippen molar-refractivity contribution in [2.24, 2.45) is 0 Å². The Bertz CT molecular complexity index is 1080. The van der Waals surface area contributed by atoms with Gasteiger partial charge < -0.3 is 14.0 Å². The second-order valence-electron chi connectivity index (χ2n) is 7.10. The summed E-state index contributed by atoms with van der Waals surface area (Å²) in [5.41, 5.74) is 7.70. The second kappa shape index (κ2) is 6.68. The molecule has 0 fully saturated rings. The highest BCUT2D eigenvalue weighted by Gasteiger charge is 2.21. The van der Waals surface area contributed by atoms with Crippen LogP contribution in [0.3, 0.4) is 0 Å². The van der Waals surface area contributed by atoms with Crippen LogP contribution in [0.5, 0.6) is 0 Å². The molecule has 4 aromatic rings. The predicted molar refractivity (Wildman–Crippen MR) is 107 cm³/mol. The molecule has 1 aromatic carbocycles. The van der Waals surface area contributed by atoms with Crippen molar-refractivity contribution in [1.29, 1.82) is 0 Å². The van der Waals surface area contributed by atoms with E-state index in [2.05, 4.69) is 41.3 Å². The Morgan fingerprint density at radius 3 is 2.00 bits per heavy atom. The van der Waals surface area contributed by atoms with Gasteiger partial charge in [0.25, 0.3) is 0 Å². The summed E-state index contributed by atoms with van der Waals surface area (Å²) < 4.78 is 10.8. The number of fused-ring (bicyclic) bond motifs is 1. The molecule has 0 aliphatic rings. The first-order valence-corrected chi connectivity index (χ1v) is 8.77. The molecule has 0 spiro atoms. The minimum absolute atomic E-state index is 0. The molecule has 0 atom stereocenters. The fourth-order valence-electron chi connectivity index (χ4n) is 3.51. The van der Waals surface area contributed by atoms with Crippen molar-refractivity contribution in [1.82, 2.24) is 20.3 Å². The first-order chi connectivity index (χ1) is 12.4. The minimum Gasteiger partial charge on any atom is -0.361 e. The second-order valence-corrected chi connectivity index (χ2v) is 7.10. The van der Waals surface area contributed by atoms with Gasteiger partial charge >= 0.3 is 0 Å². The van der Waals surface area contributed by atoms with E-state index in [9.17, 15) is 0 Å². The molecule has 0 aliphatic carbocycles. The van der Waals surface area contributed by atoms with Crippen molar-refractivity contribution >= 4 is 11.0 Å². The zero-order valence-electron chi connectivity index (χ0n) is 15.9. The largest absolute Gasteiger partial charge is 0.361 e. The van der Waals surface area contributed by atoms with E-state index in [0.717, 1.165) is 62.0 Å². The van der Waals surface area contributed by atoms with Gasteiger partial charge in [-0.1, -0.05) is 31.6 Å². The molecule has 0 aliphatic heterocycles. The number of rotatable bonds is 3. The van der Waals surface area contributed by atoms with Crippen LogP contribution >= 0.6 is 0 Å². The molecule has 142 valence electrons. The number of nitrogens with one attached hydrogen (secondary N) is 1. The molecular weight excluding hydrogens is 340 g/mol. The Morgan fingerprint density at radius 1 is 0.889 bits per heavy atom. The van der Waals surface area contributed by atoms with Crippen molar-refractivity contribution in [2.75, 3.05) is 0 Å². The molecule has 0 bridgehead atoms. The molecule has 0 saturated heterocycles.